The first-order chi connectivity index (χ1) is 11.4. The lowest BCUT2D eigenvalue weighted by atomic mass is 10.1. The molecule has 0 fully saturated rings. The molecule has 2 aromatic heterocycles. The average Bonchev–Trinajstić information content (AvgIpc) is 3.00. The highest BCUT2D eigenvalue weighted by molar-refractivity contribution is 5.81. The van der Waals surface area contributed by atoms with E-state index >= 15 is 0 Å². The van der Waals surface area contributed by atoms with Crippen LogP contribution in [-0.2, 0) is 17.6 Å². The summed E-state index contributed by atoms with van der Waals surface area (Å²) >= 11 is 0. The summed E-state index contributed by atoms with van der Waals surface area (Å²) in [5.74, 6) is 1.64. The summed E-state index contributed by atoms with van der Waals surface area (Å²) in [7, 11) is 0. The number of amides is 1. The van der Waals surface area contributed by atoms with E-state index in [1.54, 1.807) is 18.5 Å². The van der Waals surface area contributed by atoms with Crippen molar-refractivity contribution in [3.05, 3.63) is 29.7 Å². The van der Waals surface area contributed by atoms with Crippen molar-refractivity contribution >= 4 is 11.7 Å². The molecule has 0 aliphatic heterocycles. The second-order valence-corrected chi connectivity index (χ2v) is 6.90. The number of aryl methyl sites for hydroxylation is 1. The molecule has 0 atom stereocenters. The molecule has 1 aliphatic rings. The summed E-state index contributed by atoms with van der Waals surface area (Å²) in [5, 5.41) is 6.09. The molecule has 2 N–H and O–H groups in total. The number of anilines is 1. The van der Waals surface area contributed by atoms with Crippen molar-refractivity contribution in [2.45, 2.75) is 45.6 Å². The summed E-state index contributed by atoms with van der Waals surface area (Å²) in [6.07, 6.45) is 6.23. The van der Waals surface area contributed by atoms with Crippen molar-refractivity contribution in [1.29, 1.82) is 0 Å². The molecular weight excluding hydrogens is 304 g/mol. The first-order valence-corrected chi connectivity index (χ1v) is 8.14. The molecule has 2 aromatic rings. The van der Waals surface area contributed by atoms with Crippen molar-refractivity contribution in [2.24, 2.45) is 0 Å². The molecular formula is C17H22N6O. The van der Waals surface area contributed by atoms with E-state index in [9.17, 15) is 4.79 Å². The topological polar surface area (TPSA) is 92.7 Å². The lowest BCUT2D eigenvalue weighted by Crippen LogP contribution is -2.43. The van der Waals surface area contributed by atoms with Crippen LogP contribution < -0.4 is 10.6 Å². The average molecular weight is 326 g/mol. The molecule has 0 bridgehead atoms. The fourth-order valence-electron chi connectivity index (χ4n) is 2.72. The highest BCUT2D eigenvalue weighted by Gasteiger charge is 2.21. The molecule has 1 amide bonds. The molecule has 7 heteroatoms. The fourth-order valence-corrected chi connectivity index (χ4v) is 2.72. The van der Waals surface area contributed by atoms with Crippen molar-refractivity contribution in [1.82, 2.24) is 25.3 Å². The van der Waals surface area contributed by atoms with Gasteiger partial charge in [-0.1, -0.05) is 0 Å². The van der Waals surface area contributed by atoms with Crippen LogP contribution in [0, 0.1) is 0 Å². The van der Waals surface area contributed by atoms with Gasteiger partial charge in [0.05, 0.1) is 6.54 Å². The van der Waals surface area contributed by atoms with E-state index in [-0.39, 0.29) is 18.0 Å². The van der Waals surface area contributed by atoms with Crippen LogP contribution in [0.1, 0.15) is 38.4 Å². The minimum atomic E-state index is -0.255. The Morgan fingerprint density at radius 3 is 2.58 bits per heavy atom. The van der Waals surface area contributed by atoms with Gasteiger partial charge in [-0.05, 0) is 46.1 Å². The third-order valence-corrected chi connectivity index (χ3v) is 3.63. The van der Waals surface area contributed by atoms with Gasteiger partial charge in [0.25, 0.3) is 0 Å². The van der Waals surface area contributed by atoms with E-state index < -0.39 is 0 Å². The Morgan fingerprint density at radius 1 is 1.12 bits per heavy atom. The molecule has 24 heavy (non-hydrogen) atoms. The summed E-state index contributed by atoms with van der Waals surface area (Å²) in [5.41, 5.74) is 1.86. The van der Waals surface area contributed by atoms with E-state index in [0.29, 0.717) is 17.5 Å². The molecule has 0 unspecified atom stereocenters. The van der Waals surface area contributed by atoms with Crippen LogP contribution in [0.2, 0.25) is 0 Å². The smallest absolute Gasteiger partial charge is 0.239 e. The van der Waals surface area contributed by atoms with Gasteiger partial charge in [-0.15, -0.1) is 0 Å². The number of hydrogen-bond acceptors (Lipinski definition) is 6. The SMILES string of the molecule is CC(C)(C)NC(=O)CNc1nc(-c2ncccn2)nc2c1CCC2. The van der Waals surface area contributed by atoms with E-state index in [4.69, 9.17) is 0 Å². The largest absolute Gasteiger partial charge is 0.361 e. The van der Waals surface area contributed by atoms with Gasteiger partial charge in [-0.25, -0.2) is 19.9 Å². The third kappa shape index (κ3) is 3.84. The van der Waals surface area contributed by atoms with Crippen LogP contribution in [0.4, 0.5) is 5.82 Å². The third-order valence-electron chi connectivity index (χ3n) is 3.63. The van der Waals surface area contributed by atoms with Gasteiger partial charge in [-0.2, -0.15) is 0 Å². The fraction of sp³-hybridized carbons (Fsp3) is 0.471. The summed E-state index contributed by atoms with van der Waals surface area (Å²) in [6.45, 7) is 6.05. The minimum absolute atomic E-state index is 0.0645. The monoisotopic (exact) mass is 326 g/mol. The predicted molar refractivity (Wildman–Crippen MR) is 91.5 cm³/mol. The van der Waals surface area contributed by atoms with E-state index in [0.717, 1.165) is 30.5 Å². The lowest BCUT2D eigenvalue weighted by molar-refractivity contribution is -0.120. The Bertz CT molecular complexity index is 739. The van der Waals surface area contributed by atoms with Crippen LogP contribution in [0.25, 0.3) is 11.6 Å². The molecule has 0 saturated carbocycles. The number of fused-ring (bicyclic) bond motifs is 1. The van der Waals surface area contributed by atoms with Crippen LogP contribution in [0.5, 0.6) is 0 Å². The molecule has 7 nitrogen and oxygen atoms in total. The summed E-state index contributed by atoms with van der Waals surface area (Å²) in [6, 6.07) is 1.76. The first-order valence-electron chi connectivity index (χ1n) is 8.14. The minimum Gasteiger partial charge on any atom is -0.361 e. The molecule has 126 valence electrons. The highest BCUT2D eigenvalue weighted by Crippen LogP contribution is 2.28. The van der Waals surface area contributed by atoms with Crippen molar-refractivity contribution < 1.29 is 4.79 Å². The Kier molecular flexibility index (Phi) is 4.42. The molecule has 0 saturated heterocycles. The molecule has 3 rings (SSSR count). The van der Waals surface area contributed by atoms with Crippen LogP contribution in [0.15, 0.2) is 18.5 Å². The Balaban J connectivity index is 1.82. The van der Waals surface area contributed by atoms with Gasteiger partial charge < -0.3 is 10.6 Å². The molecule has 0 aromatic carbocycles. The number of carbonyl (C=O) groups is 1. The van der Waals surface area contributed by atoms with Crippen molar-refractivity contribution in [2.75, 3.05) is 11.9 Å². The quantitative estimate of drug-likeness (QED) is 0.889. The Labute approximate surface area is 141 Å². The standard InChI is InChI=1S/C17H22N6O/c1-17(2,3)23-13(24)10-20-14-11-6-4-7-12(11)21-16(22-14)15-18-8-5-9-19-15/h5,8-9H,4,6-7,10H2,1-3H3,(H,23,24)(H,20,21,22). The number of rotatable bonds is 4. The van der Waals surface area contributed by atoms with E-state index in [2.05, 4.69) is 30.6 Å². The molecule has 2 heterocycles. The normalized spacial score (nSPS) is 13.5. The van der Waals surface area contributed by atoms with Gasteiger partial charge in [0.1, 0.15) is 5.82 Å². The zero-order valence-electron chi connectivity index (χ0n) is 14.3. The molecule has 1 aliphatic carbocycles. The maximum Gasteiger partial charge on any atom is 0.239 e. The van der Waals surface area contributed by atoms with Crippen LogP contribution in [-0.4, -0.2) is 37.9 Å². The van der Waals surface area contributed by atoms with Crippen LogP contribution in [0.3, 0.4) is 0 Å². The number of aromatic nitrogens is 4. The van der Waals surface area contributed by atoms with Gasteiger partial charge in [-0.3, -0.25) is 4.79 Å². The second kappa shape index (κ2) is 6.51. The van der Waals surface area contributed by atoms with Gasteiger partial charge >= 0.3 is 0 Å². The number of nitrogens with one attached hydrogen (secondary N) is 2. The summed E-state index contributed by atoms with van der Waals surface area (Å²) in [4.78, 5) is 29.6. The molecule has 0 radical (unpaired) electrons. The van der Waals surface area contributed by atoms with Gasteiger partial charge in [0.2, 0.25) is 5.91 Å². The zero-order valence-corrected chi connectivity index (χ0v) is 14.3. The first kappa shape index (κ1) is 16.3. The Morgan fingerprint density at radius 2 is 1.88 bits per heavy atom. The van der Waals surface area contributed by atoms with Crippen LogP contribution >= 0.6 is 0 Å². The van der Waals surface area contributed by atoms with Crippen molar-refractivity contribution in [3.63, 3.8) is 0 Å². The Hall–Kier alpha value is -2.57. The summed E-state index contributed by atoms with van der Waals surface area (Å²) < 4.78 is 0. The van der Waals surface area contributed by atoms with E-state index in [1.807, 2.05) is 20.8 Å². The maximum atomic E-state index is 12.0. The van der Waals surface area contributed by atoms with Crippen molar-refractivity contribution in [3.8, 4) is 11.6 Å². The highest BCUT2D eigenvalue weighted by atomic mass is 16.2. The van der Waals surface area contributed by atoms with E-state index in [1.165, 1.54) is 0 Å². The van der Waals surface area contributed by atoms with Gasteiger partial charge in [0.15, 0.2) is 11.6 Å². The van der Waals surface area contributed by atoms with Gasteiger partial charge in [0, 0.05) is 29.2 Å². The lowest BCUT2D eigenvalue weighted by Gasteiger charge is -2.21. The number of hydrogen-bond donors (Lipinski definition) is 2. The zero-order chi connectivity index (χ0) is 17.2. The number of nitrogens with zero attached hydrogens (tertiary/aromatic N) is 4. The number of carbonyl (C=O) groups excluding carboxylic acids is 1. The predicted octanol–water partition coefficient (Wildman–Crippen LogP) is 1.75. The maximum absolute atomic E-state index is 12.0. The molecule has 0 spiro atoms. The second-order valence-electron chi connectivity index (χ2n) is 6.90.